The van der Waals surface area contributed by atoms with Crippen molar-refractivity contribution in [2.24, 2.45) is 0 Å². The van der Waals surface area contributed by atoms with Crippen LogP contribution >= 0.6 is 16.3 Å². The standard InChI is InChI=1S/C26H27O2P2/c1-5-13-23(14-6-1)29(24-15-7-2-8-16-24)27-21-22-28-30(25-17-9-3-10-18-25)26-19-11-4-12-20-26/h1-21H,22,29-30H2. The molecule has 1 radical (unpaired) electrons. The molecule has 30 heavy (non-hydrogen) atoms. The van der Waals surface area contributed by atoms with Crippen LogP contribution in [0, 0.1) is 6.61 Å². The summed E-state index contributed by atoms with van der Waals surface area (Å²) in [6.07, 6.45) is 0. The van der Waals surface area contributed by atoms with Crippen LogP contribution in [-0.4, -0.2) is 6.61 Å². The van der Waals surface area contributed by atoms with Crippen molar-refractivity contribution in [3.8, 4) is 0 Å². The van der Waals surface area contributed by atoms with Crippen LogP contribution in [-0.2, 0) is 9.05 Å². The molecule has 0 fully saturated rings. The van der Waals surface area contributed by atoms with E-state index in [1.807, 2.05) is 30.9 Å². The Morgan fingerprint density at radius 1 is 0.467 bits per heavy atom. The summed E-state index contributed by atoms with van der Waals surface area (Å²) in [5, 5.41) is 5.08. The molecule has 4 aromatic carbocycles. The predicted molar refractivity (Wildman–Crippen MR) is 135 cm³/mol. The van der Waals surface area contributed by atoms with E-state index in [-0.39, 0.29) is 0 Å². The molecule has 0 aliphatic carbocycles. The monoisotopic (exact) mass is 433 g/mol. The first-order valence-electron chi connectivity index (χ1n) is 10.2. The van der Waals surface area contributed by atoms with Crippen molar-refractivity contribution in [2.75, 3.05) is 6.61 Å². The van der Waals surface area contributed by atoms with Crippen molar-refractivity contribution in [2.45, 2.75) is 0 Å². The topological polar surface area (TPSA) is 18.5 Å². The maximum atomic E-state index is 6.42. The molecular formula is C26H27O2P2. The Morgan fingerprint density at radius 3 is 1.17 bits per heavy atom. The molecule has 4 rings (SSSR count). The molecule has 0 aliphatic heterocycles. The van der Waals surface area contributed by atoms with Gasteiger partial charge in [-0.3, -0.25) is 0 Å². The summed E-state index contributed by atoms with van der Waals surface area (Å²) in [5.41, 5.74) is 0. The first-order chi connectivity index (χ1) is 14.9. The second kappa shape index (κ2) is 11.2. The molecule has 0 aromatic heterocycles. The van der Waals surface area contributed by atoms with Crippen molar-refractivity contribution in [3.05, 3.63) is 128 Å². The average molecular weight is 433 g/mol. The van der Waals surface area contributed by atoms with E-state index in [4.69, 9.17) is 9.05 Å². The van der Waals surface area contributed by atoms with Gasteiger partial charge in [0.25, 0.3) is 0 Å². The van der Waals surface area contributed by atoms with E-state index in [0.717, 1.165) is 0 Å². The van der Waals surface area contributed by atoms with E-state index in [0.29, 0.717) is 6.61 Å². The van der Waals surface area contributed by atoms with Crippen LogP contribution in [0.3, 0.4) is 0 Å². The third-order valence-corrected chi connectivity index (χ3v) is 9.92. The second-order valence-electron chi connectivity index (χ2n) is 7.04. The van der Waals surface area contributed by atoms with Gasteiger partial charge in [0.1, 0.15) is 0 Å². The van der Waals surface area contributed by atoms with E-state index >= 15 is 0 Å². The van der Waals surface area contributed by atoms with Gasteiger partial charge < -0.3 is 0 Å². The molecule has 0 atom stereocenters. The van der Waals surface area contributed by atoms with E-state index in [1.165, 1.54) is 21.2 Å². The fraction of sp³-hybridized carbons (Fsp3) is 0.0385. The van der Waals surface area contributed by atoms with Crippen molar-refractivity contribution < 1.29 is 9.05 Å². The molecule has 0 saturated heterocycles. The van der Waals surface area contributed by atoms with Crippen LogP contribution in [0.5, 0.6) is 0 Å². The average Bonchev–Trinajstić information content (AvgIpc) is 2.84. The summed E-state index contributed by atoms with van der Waals surface area (Å²) in [5.74, 6) is 0. The van der Waals surface area contributed by atoms with Gasteiger partial charge in [0.15, 0.2) is 0 Å². The number of hydrogen-bond acceptors (Lipinski definition) is 2. The second-order valence-corrected chi connectivity index (χ2v) is 11.8. The number of benzene rings is 4. The Balaban J connectivity index is 1.45. The van der Waals surface area contributed by atoms with Crippen molar-refractivity contribution in [3.63, 3.8) is 0 Å². The minimum absolute atomic E-state index is 0.476. The third kappa shape index (κ3) is 5.63. The molecule has 0 bridgehead atoms. The summed E-state index contributed by atoms with van der Waals surface area (Å²) in [6, 6.07) is 42.1. The molecule has 0 unspecified atom stereocenters. The fourth-order valence-corrected chi connectivity index (χ4v) is 7.82. The fourth-order valence-electron chi connectivity index (χ4n) is 3.52. The normalized spacial score (nSPS) is 11.7. The molecule has 0 heterocycles. The number of rotatable bonds is 9. The van der Waals surface area contributed by atoms with E-state index in [9.17, 15) is 0 Å². The minimum atomic E-state index is -1.78. The van der Waals surface area contributed by atoms with E-state index in [2.05, 4.69) is 97.1 Å². The SMILES string of the molecule is [CH](CO[PH2](c1ccccc1)c1ccccc1)O[PH2](c1ccccc1)c1ccccc1. The Morgan fingerprint density at radius 2 is 0.800 bits per heavy atom. The molecule has 0 saturated carbocycles. The van der Waals surface area contributed by atoms with Crippen molar-refractivity contribution in [1.29, 1.82) is 0 Å². The zero-order chi connectivity index (χ0) is 20.4. The molecule has 0 spiro atoms. The number of hydrogen-bond donors (Lipinski definition) is 0. The zero-order valence-corrected chi connectivity index (χ0v) is 19.1. The van der Waals surface area contributed by atoms with Crippen LogP contribution in [0.25, 0.3) is 0 Å². The van der Waals surface area contributed by atoms with Gasteiger partial charge in [0, 0.05) is 0 Å². The maximum absolute atomic E-state index is 6.42. The van der Waals surface area contributed by atoms with Gasteiger partial charge in [-0.05, 0) is 0 Å². The van der Waals surface area contributed by atoms with Crippen molar-refractivity contribution >= 4 is 37.5 Å². The summed E-state index contributed by atoms with van der Waals surface area (Å²) in [4.78, 5) is 0. The Kier molecular flexibility index (Phi) is 7.78. The summed E-state index contributed by atoms with van der Waals surface area (Å²) < 4.78 is 12.8. The quantitative estimate of drug-likeness (QED) is 0.291. The Hall–Kier alpha value is -2.34. The molecule has 4 heteroatoms. The summed E-state index contributed by atoms with van der Waals surface area (Å²) in [6.45, 7) is 2.34. The Bertz CT molecular complexity index is 832. The van der Waals surface area contributed by atoms with Gasteiger partial charge in [0.05, 0.1) is 0 Å². The van der Waals surface area contributed by atoms with Gasteiger partial charge in [-0.2, -0.15) is 0 Å². The molecule has 0 amide bonds. The van der Waals surface area contributed by atoms with Crippen LogP contribution in [0.2, 0.25) is 0 Å². The van der Waals surface area contributed by atoms with Gasteiger partial charge in [-0.15, -0.1) is 0 Å². The van der Waals surface area contributed by atoms with Gasteiger partial charge >= 0.3 is 181 Å². The zero-order valence-electron chi connectivity index (χ0n) is 16.8. The molecule has 4 aromatic rings. The first kappa shape index (κ1) is 20.9. The van der Waals surface area contributed by atoms with Gasteiger partial charge in [-0.25, -0.2) is 0 Å². The summed E-state index contributed by atoms with van der Waals surface area (Å²) in [7, 11) is -3.54. The van der Waals surface area contributed by atoms with E-state index < -0.39 is 16.3 Å². The van der Waals surface area contributed by atoms with Gasteiger partial charge in [0.2, 0.25) is 0 Å². The summed E-state index contributed by atoms with van der Waals surface area (Å²) >= 11 is 0. The van der Waals surface area contributed by atoms with Crippen LogP contribution in [0.15, 0.2) is 121 Å². The van der Waals surface area contributed by atoms with Gasteiger partial charge in [-0.1, -0.05) is 0 Å². The molecular weight excluding hydrogens is 406 g/mol. The van der Waals surface area contributed by atoms with Crippen LogP contribution < -0.4 is 21.2 Å². The first-order valence-corrected chi connectivity index (χ1v) is 13.5. The molecule has 153 valence electrons. The molecule has 2 nitrogen and oxygen atoms in total. The molecule has 0 N–H and O–H groups in total. The van der Waals surface area contributed by atoms with Crippen LogP contribution in [0.1, 0.15) is 0 Å². The molecule has 0 aliphatic rings. The van der Waals surface area contributed by atoms with E-state index in [1.54, 1.807) is 0 Å². The third-order valence-electron chi connectivity index (χ3n) is 4.97. The van der Waals surface area contributed by atoms with Crippen molar-refractivity contribution in [1.82, 2.24) is 0 Å². The Labute approximate surface area is 181 Å². The van der Waals surface area contributed by atoms with Crippen LogP contribution in [0.4, 0.5) is 0 Å². The predicted octanol–water partition coefficient (Wildman–Crippen LogP) is 4.21.